The zero-order chi connectivity index (χ0) is 19.8. The number of aryl methyl sites for hydroxylation is 1. The van der Waals surface area contributed by atoms with Crippen molar-refractivity contribution in [2.75, 3.05) is 24.2 Å². The highest BCUT2D eigenvalue weighted by Gasteiger charge is 2.24. The van der Waals surface area contributed by atoms with E-state index in [2.05, 4.69) is 26.3 Å². The molecule has 4 heterocycles. The largest absolute Gasteiger partial charge is 0.343 e. The minimum Gasteiger partial charge on any atom is -0.343 e. The summed E-state index contributed by atoms with van der Waals surface area (Å²) in [6, 6.07) is 5.70. The first-order valence-electron chi connectivity index (χ1n) is 9.62. The molecule has 0 fully saturated rings. The first-order valence-corrected chi connectivity index (χ1v) is 10.8. The third kappa shape index (κ3) is 3.48. The minimum atomic E-state index is -0.371. The molecule has 0 radical (unpaired) electrons. The van der Waals surface area contributed by atoms with E-state index in [0.717, 1.165) is 46.6 Å². The predicted molar refractivity (Wildman–Crippen MR) is 113 cm³/mol. The van der Waals surface area contributed by atoms with E-state index in [1.54, 1.807) is 23.4 Å². The number of urea groups is 1. The molecule has 0 saturated carbocycles. The molecule has 29 heavy (non-hydrogen) atoms. The van der Waals surface area contributed by atoms with Crippen LogP contribution < -0.4 is 5.32 Å². The Hall–Kier alpha value is -2.87. The van der Waals surface area contributed by atoms with Crippen LogP contribution in [0.4, 0.5) is 14.9 Å². The summed E-state index contributed by atoms with van der Waals surface area (Å²) in [4.78, 5) is 26.7. The van der Waals surface area contributed by atoms with E-state index in [1.165, 1.54) is 23.4 Å². The number of hydrogen-bond donors (Lipinski definition) is 2. The smallest absolute Gasteiger partial charge is 0.322 e. The molecular formula is C21H20FN5OS. The van der Waals surface area contributed by atoms with Crippen LogP contribution in [-0.2, 0) is 12.2 Å². The monoisotopic (exact) mass is 409 g/mol. The molecule has 5 rings (SSSR count). The molecule has 2 aliphatic heterocycles. The van der Waals surface area contributed by atoms with E-state index >= 15 is 0 Å². The first kappa shape index (κ1) is 18.2. The average molecular weight is 409 g/mol. The second-order valence-corrected chi connectivity index (χ2v) is 8.30. The van der Waals surface area contributed by atoms with Crippen LogP contribution in [0.5, 0.6) is 0 Å². The van der Waals surface area contributed by atoms with Gasteiger partial charge in [-0.05, 0) is 47.9 Å². The van der Waals surface area contributed by atoms with Gasteiger partial charge in [0.25, 0.3) is 0 Å². The number of anilines is 1. The number of carbonyl (C=O) groups is 1. The molecule has 2 N–H and O–H groups in total. The standard InChI is InChI=1S/C21H20FN5OS/c22-14-2-1-3-15(10-14)25-21(28)27-7-4-13(5-8-27)19-18-16-11-29-9-6-17(16)26-20(18)24-12-23-19/h1-4,10,12H,5-9,11H2,(H,25,28)(H,23,24,26). The lowest BCUT2D eigenvalue weighted by molar-refractivity contribution is 0.217. The Balaban J connectivity index is 1.37. The molecule has 3 aromatic rings. The van der Waals surface area contributed by atoms with Gasteiger partial charge >= 0.3 is 6.03 Å². The molecule has 6 nitrogen and oxygen atoms in total. The molecule has 2 aliphatic rings. The van der Waals surface area contributed by atoms with Crippen molar-refractivity contribution in [3.63, 3.8) is 0 Å². The summed E-state index contributed by atoms with van der Waals surface area (Å²) in [5.74, 6) is 1.73. The van der Waals surface area contributed by atoms with Gasteiger partial charge in [0.05, 0.1) is 5.69 Å². The number of benzene rings is 1. The van der Waals surface area contributed by atoms with Crippen LogP contribution in [0.3, 0.4) is 0 Å². The number of carbonyl (C=O) groups excluding carboxylic acids is 1. The van der Waals surface area contributed by atoms with E-state index < -0.39 is 0 Å². The molecule has 0 unspecified atom stereocenters. The van der Waals surface area contributed by atoms with Crippen molar-refractivity contribution in [2.45, 2.75) is 18.6 Å². The van der Waals surface area contributed by atoms with Crippen molar-refractivity contribution in [1.82, 2.24) is 19.9 Å². The number of rotatable bonds is 2. The van der Waals surface area contributed by atoms with Gasteiger partial charge < -0.3 is 15.2 Å². The number of H-pyrrole nitrogens is 1. The maximum absolute atomic E-state index is 13.3. The van der Waals surface area contributed by atoms with Crippen molar-refractivity contribution >= 4 is 40.1 Å². The van der Waals surface area contributed by atoms with Crippen LogP contribution in [-0.4, -0.2) is 44.7 Å². The van der Waals surface area contributed by atoms with Gasteiger partial charge in [-0.15, -0.1) is 0 Å². The van der Waals surface area contributed by atoms with Crippen molar-refractivity contribution in [3.8, 4) is 0 Å². The summed E-state index contributed by atoms with van der Waals surface area (Å²) in [7, 11) is 0. The van der Waals surface area contributed by atoms with Gasteiger partial charge in [0.2, 0.25) is 0 Å². The second-order valence-electron chi connectivity index (χ2n) is 7.20. The molecule has 0 aliphatic carbocycles. The maximum atomic E-state index is 13.3. The Morgan fingerprint density at radius 3 is 3.03 bits per heavy atom. The number of amides is 2. The normalized spacial score (nSPS) is 16.4. The number of aromatic amines is 1. The maximum Gasteiger partial charge on any atom is 0.322 e. The van der Waals surface area contributed by atoms with Gasteiger partial charge in [-0.2, -0.15) is 11.8 Å². The van der Waals surface area contributed by atoms with Gasteiger partial charge in [-0.3, -0.25) is 0 Å². The highest BCUT2D eigenvalue weighted by atomic mass is 32.2. The highest BCUT2D eigenvalue weighted by Crippen LogP contribution is 2.35. The van der Waals surface area contributed by atoms with Crippen LogP contribution in [0, 0.1) is 5.82 Å². The number of halogens is 1. The molecule has 0 spiro atoms. The predicted octanol–water partition coefficient (Wildman–Crippen LogP) is 4.21. The molecule has 2 aromatic heterocycles. The summed E-state index contributed by atoms with van der Waals surface area (Å²) in [5, 5.41) is 3.88. The lowest BCUT2D eigenvalue weighted by Gasteiger charge is -2.27. The summed E-state index contributed by atoms with van der Waals surface area (Å²) in [6.07, 6.45) is 5.42. The second kappa shape index (κ2) is 7.51. The number of thioether (sulfide) groups is 1. The SMILES string of the molecule is O=C(Nc1cccc(F)c1)N1CC=C(c2ncnc3[nH]c4c(c23)CSCC4)CC1. The van der Waals surface area contributed by atoms with E-state index in [0.29, 0.717) is 18.8 Å². The van der Waals surface area contributed by atoms with Crippen molar-refractivity contribution in [3.05, 3.63) is 59.4 Å². The van der Waals surface area contributed by atoms with Crippen molar-refractivity contribution < 1.29 is 9.18 Å². The van der Waals surface area contributed by atoms with Gasteiger partial charge in [0, 0.05) is 35.6 Å². The van der Waals surface area contributed by atoms with Crippen LogP contribution in [0.2, 0.25) is 0 Å². The molecule has 0 saturated heterocycles. The van der Waals surface area contributed by atoms with Crippen LogP contribution in [0.15, 0.2) is 36.7 Å². The Kier molecular flexibility index (Phi) is 4.71. The third-order valence-corrected chi connectivity index (χ3v) is 6.39. The summed E-state index contributed by atoms with van der Waals surface area (Å²) in [5.41, 5.74) is 6.06. The summed E-state index contributed by atoms with van der Waals surface area (Å²) in [6.45, 7) is 1.07. The molecule has 0 atom stereocenters. The number of aromatic nitrogens is 3. The summed E-state index contributed by atoms with van der Waals surface area (Å²) < 4.78 is 13.3. The number of fused-ring (bicyclic) bond motifs is 3. The highest BCUT2D eigenvalue weighted by molar-refractivity contribution is 7.98. The topological polar surface area (TPSA) is 73.9 Å². The molecular weight excluding hydrogens is 389 g/mol. The lowest BCUT2D eigenvalue weighted by atomic mass is 10.00. The Labute approximate surface area is 171 Å². The van der Waals surface area contributed by atoms with Gasteiger partial charge in [-0.1, -0.05) is 12.1 Å². The first-order chi connectivity index (χ1) is 14.2. The zero-order valence-corrected chi connectivity index (χ0v) is 16.6. The molecule has 148 valence electrons. The quantitative estimate of drug-likeness (QED) is 0.665. The van der Waals surface area contributed by atoms with Crippen LogP contribution in [0.25, 0.3) is 16.6 Å². The Bertz CT molecular complexity index is 1130. The average Bonchev–Trinajstić information content (AvgIpc) is 3.13. The van der Waals surface area contributed by atoms with E-state index in [1.807, 2.05) is 11.8 Å². The number of hydrogen-bond acceptors (Lipinski definition) is 4. The fourth-order valence-corrected chi connectivity index (χ4v) is 4.95. The summed E-state index contributed by atoms with van der Waals surface area (Å²) >= 11 is 1.94. The minimum absolute atomic E-state index is 0.228. The molecule has 0 bridgehead atoms. The lowest BCUT2D eigenvalue weighted by Crippen LogP contribution is -2.38. The zero-order valence-electron chi connectivity index (χ0n) is 15.7. The Morgan fingerprint density at radius 2 is 2.21 bits per heavy atom. The molecule has 8 heteroatoms. The van der Waals surface area contributed by atoms with Gasteiger partial charge in [0.15, 0.2) is 0 Å². The fourth-order valence-electron chi connectivity index (χ4n) is 3.94. The molecule has 1 aromatic carbocycles. The van der Waals surface area contributed by atoms with Crippen molar-refractivity contribution in [1.29, 1.82) is 0 Å². The fraction of sp³-hybridized carbons (Fsp3) is 0.286. The Morgan fingerprint density at radius 1 is 1.28 bits per heavy atom. The van der Waals surface area contributed by atoms with Crippen LogP contribution >= 0.6 is 11.8 Å². The van der Waals surface area contributed by atoms with Gasteiger partial charge in [-0.25, -0.2) is 19.2 Å². The third-order valence-electron chi connectivity index (χ3n) is 5.40. The van der Waals surface area contributed by atoms with Crippen molar-refractivity contribution in [2.24, 2.45) is 0 Å². The van der Waals surface area contributed by atoms with E-state index in [-0.39, 0.29) is 11.8 Å². The van der Waals surface area contributed by atoms with E-state index in [4.69, 9.17) is 0 Å². The van der Waals surface area contributed by atoms with E-state index in [9.17, 15) is 9.18 Å². The van der Waals surface area contributed by atoms with Crippen LogP contribution in [0.1, 0.15) is 23.4 Å². The van der Waals surface area contributed by atoms with Gasteiger partial charge in [0.1, 0.15) is 17.8 Å². The molecule has 2 amide bonds. The number of nitrogens with zero attached hydrogens (tertiary/aromatic N) is 3. The number of nitrogens with one attached hydrogen (secondary N) is 2.